The van der Waals surface area contributed by atoms with E-state index in [1.54, 1.807) is 0 Å². The molecule has 0 unspecified atom stereocenters. The summed E-state index contributed by atoms with van der Waals surface area (Å²) in [5.74, 6) is 0. The molecule has 0 radical (unpaired) electrons. The first-order valence-corrected chi connectivity index (χ1v) is 6.15. The van der Waals surface area contributed by atoms with Crippen molar-refractivity contribution in [3.63, 3.8) is 0 Å². The number of nitrogens with zero attached hydrogens (tertiary/aromatic N) is 2. The fraction of sp³-hybridized carbons (Fsp3) is 1.00. The van der Waals surface area contributed by atoms with Crippen molar-refractivity contribution in [3.8, 4) is 0 Å². The maximum atomic E-state index is 2.49. The van der Waals surface area contributed by atoms with Gasteiger partial charge in [0.2, 0.25) is 0 Å². The molecule has 0 spiro atoms. The molecule has 2 nitrogen and oxygen atoms in total. The van der Waals surface area contributed by atoms with Crippen molar-refractivity contribution in [1.29, 1.82) is 0 Å². The van der Waals surface area contributed by atoms with E-state index in [0.29, 0.717) is 0 Å². The lowest BCUT2D eigenvalue weighted by molar-refractivity contribution is 0.353. The molecule has 1 aliphatic rings. The van der Waals surface area contributed by atoms with Crippen LogP contribution in [0.1, 0.15) is 40.0 Å². The molecule has 0 aromatic heterocycles. The lowest BCUT2D eigenvalue weighted by Crippen LogP contribution is -2.17. The lowest BCUT2D eigenvalue weighted by atomic mass is 10.4. The minimum atomic E-state index is 1.17. The van der Waals surface area contributed by atoms with Gasteiger partial charge in [-0.2, -0.15) is 0 Å². The van der Waals surface area contributed by atoms with Crippen LogP contribution in [0.15, 0.2) is 0 Å². The average molecular weight is 200 g/mol. The summed E-state index contributed by atoms with van der Waals surface area (Å²) in [5.41, 5.74) is 0. The Morgan fingerprint density at radius 2 is 1.64 bits per heavy atom. The zero-order valence-electron chi connectivity index (χ0n) is 10.6. The van der Waals surface area contributed by atoms with Gasteiger partial charge in [0.15, 0.2) is 0 Å². The van der Waals surface area contributed by atoms with Crippen molar-refractivity contribution >= 4 is 0 Å². The quantitative estimate of drug-likeness (QED) is 0.688. The third-order valence-electron chi connectivity index (χ3n) is 2.79. The maximum absolute atomic E-state index is 2.49. The average Bonchev–Trinajstić information content (AvgIpc) is 2.71. The first kappa shape index (κ1) is 13.9. The second kappa shape index (κ2) is 9.47. The monoisotopic (exact) mass is 200 g/mol. The standard InChI is InChI=1S/C6H13N.C6H15N/c1-2-7-5-3-4-6-7;1-4-6-7(3)5-2/h2-6H2,1H3;4-6H2,1-3H3. The largest absolute Gasteiger partial charge is 0.307 e. The Morgan fingerprint density at radius 3 is 1.86 bits per heavy atom. The van der Waals surface area contributed by atoms with Crippen molar-refractivity contribution in [2.45, 2.75) is 40.0 Å². The fourth-order valence-corrected chi connectivity index (χ4v) is 1.64. The van der Waals surface area contributed by atoms with E-state index in [1.807, 2.05) is 0 Å². The Balaban J connectivity index is 0.000000241. The highest BCUT2D eigenvalue weighted by atomic mass is 15.1. The van der Waals surface area contributed by atoms with Crippen molar-refractivity contribution in [1.82, 2.24) is 9.80 Å². The first-order valence-electron chi connectivity index (χ1n) is 6.15. The minimum Gasteiger partial charge on any atom is -0.307 e. The molecule has 0 bridgehead atoms. The van der Waals surface area contributed by atoms with Crippen LogP contribution in [0.4, 0.5) is 0 Å². The van der Waals surface area contributed by atoms with Crippen LogP contribution in [0, 0.1) is 0 Å². The van der Waals surface area contributed by atoms with Crippen LogP contribution in [0.3, 0.4) is 0 Å². The predicted octanol–water partition coefficient (Wildman–Crippen LogP) is 2.45. The van der Waals surface area contributed by atoms with Crippen LogP contribution < -0.4 is 0 Å². The first-order chi connectivity index (χ1) is 6.74. The zero-order valence-corrected chi connectivity index (χ0v) is 10.6. The van der Waals surface area contributed by atoms with Crippen molar-refractivity contribution in [3.05, 3.63) is 0 Å². The van der Waals surface area contributed by atoms with E-state index in [-0.39, 0.29) is 0 Å². The molecule has 1 heterocycles. The van der Waals surface area contributed by atoms with Crippen LogP contribution in [0.5, 0.6) is 0 Å². The summed E-state index contributed by atoms with van der Waals surface area (Å²) in [5, 5.41) is 0. The van der Waals surface area contributed by atoms with Crippen LogP contribution >= 0.6 is 0 Å². The zero-order chi connectivity index (χ0) is 10.8. The third-order valence-corrected chi connectivity index (χ3v) is 2.79. The number of rotatable bonds is 4. The number of hydrogen-bond donors (Lipinski definition) is 0. The van der Waals surface area contributed by atoms with Gasteiger partial charge < -0.3 is 9.80 Å². The second-order valence-corrected chi connectivity index (χ2v) is 4.04. The molecule has 86 valence electrons. The summed E-state index contributed by atoms with van der Waals surface area (Å²) in [6, 6.07) is 0. The summed E-state index contributed by atoms with van der Waals surface area (Å²) in [6.07, 6.45) is 4.12. The summed E-state index contributed by atoms with van der Waals surface area (Å²) in [6.45, 7) is 12.9. The van der Waals surface area contributed by atoms with E-state index >= 15 is 0 Å². The van der Waals surface area contributed by atoms with Gasteiger partial charge in [0.1, 0.15) is 0 Å². The van der Waals surface area contributed by atoms with E-state index in [4.69, 9.17) is 0 Å². The minimum absolute atomic E-state index is 1.17. The van der Waals surface area contributed by atoms with Crippen molar-refractivity contribution in [2.24, 2.45) is 0 Å². The van der Waals surface area contributed by atoms with Gasteiger partial charge in [-0.1, -0.05) is 20.8 Å². The highest BCUT2D eigenvalue weighted by Crippen LogP contribution is 2.04. The Kier molecular flexibility index (Phi) is 9.42. The lowest BCUT2D eigenvalue weighted by Gasteiger charge is -2.10. The second-order valence-electron chi connectivity index (χ2n) is 4.04. The van der Waals surface area contributed by atoms with E-state index in [0.717, 1.165) is 0 Å². The molecule has 1 fully saturated rings. The molecule has 2 heteroatoms. The molecule has 0 aromatic rings. The SMILES string of the molecule is CCCN(C)CC.CCN1CCCC1. The van der Waals surface area contributed by atoms with Gasteiger partial charge in [-0.15, -0.1) is 0 Å². The molecule has 1 aliphatic heterocycles. The molecule has 0 aliphatic carbocycles. The van der Waals surface area contributed by atoms with Gasteiger partial charge in [-0.05, 0) is 59.0 Å². The normalized spacial score (nSPS) is 16.9. The summed E-state index contributed by atoms with van der Waals surface area (Å²) in [7, 11) is 2.14. The van der Waals surface area contributed by atoms with Gasteiger partial charge in [-0.25, -0.2) is 0 Å². The molecule has 0 amide bonds. The Labute approximate surface area is 90.3 Å². The van der Waals surface area contributed by atoms with Gasteiger partial charge in [0, 0.05) is 0 Å². The van der Waals surface area contributed by atoms with Gasteiger partial charge in [-0.3, -0.25) is 0 Å². The van der Waals surface area contributed by atoms with E-state index in [2.05, 4.69) is 37.6 Å². The van der Waals surface area contributed by atoms with Crippen LogP contribution in [0.25, 0.3) is 0 Å². The highest BCUT2D eigenvalue weighted by molar-refractivity contribution is 4.62. The number of hydrogen-bond acceptors (Lipinski definition) is 2. The fourth-order valence-electron chi connectivity index (χ4n) is 1.64. The molecule has 0 N–H and O–H groups in total. The van der Waals surface area contributed by atoms with Gasteiger partial charge >= 0.3 is 0 Å². The van der Waals surface area contributed by atoms with E-state index in [1.165, 1.54) is 52.0 Å². The van der Waals surface area contributed by atoms with Crippen molar-refractivity contribution < 1.29 is 0 Å². The third kappa shape index (κ3) is 7.34. The smallest absolute Gasteiger partial charge is 0.00184 e. The molecular weight excluding hydrogens is 172 g/mol. The Morgan fingerprint density at radius 1 is 1.07 bits per heavy atom. The molecule has 1 rings (SSSR count). The summed E-state index contributed by atoms with van der Waals surface area (Å²) in [4.78, 5) is 4.79. The molecule has 14 heavy (non-hydrogen) atoms. The molecule has 1 saturated heterocycles. The Bertz CT molecular complexity index is 109. The van der Waals surface area contributed by atoms with Crippen LogP contribution in [-0.4, -0.2) is 49.6 Å². The van der Waals surface area contributed by atoms with Crippen molar-refractivity contribution in [2.75, 3.05) is 39.8 Å². The number of likely N-dealkylation sites (tertiary alicyclic amines) is 1. The molecule has 0 aromatic carbocycles. The highest BCUT2D eigenvalue weighted by Gasteiger charge is 2.06. The Hall–Kier alpha value is -0.0800. The van der Waals surface area contributed by atoms with E-state index in [9.17, 15) is 0 Å². The summed E-state index contributed by atoms with van der Waals surface area (Å²) >= 11 is 0. The molecular formula is C12H28N2. The topological polar surface area (TPSA) is 6.48 Å². The van der Waals surface area contributed by atoms with Gasteiger partial charge in [0.05, 0.1) is 0 Å². The molecule has 0 atom stereocenters. The maximum Gasteiger partial charge on any atom is -0.00184 e. The predicted molar refractivity (Wildman–Crippen MR) is 64.8 cm³/mol. The molecule has 0 saturated carbocycles. The van der Waals surface area contributed by atoms with Crippen LogP contribution in [-0.2, 0) is 0 Å². The van der Waals surface area contributed by atoms with Crippen LogP contribution in [0.2, 0.25) is 0 Å². The van der Waals surface area contributed by atoms with E-state index < -0.39 is 0 Å². The summed E-state index contributed by atoms with van der Waals surface area (Å²) < 4.78 is 0. The van der Waals surface area contributed by atoms with Gasteiger partial charge in [0.25, 0.3) is 0 Å².